The van der Waals surface area contributed by atoms with E-state index in [-0.39, 0.29) is 18.5 Å². The highest BCUT2D eigenvalue weighted by Crippen LogP contribution is 2.23. The van der Waals surface area contributed by atoms with Crippen LogP contribution in [0.2, 0.25) is 0 Å². The van der Waals surface area contributed by atoms with Gasteiger partial charge < -0.3 is 45.1 Å². The predicted octanol–water partition coefficient (Wildman–Crippen LogP) is 11.3. The van der Waals surface area contributed by atoms with Gasteiger partial charge in [-0.15, -0.1) is 0 Å². The van der Waals surface area contributed by atoms with Gasteiger partial charge in [0.15, 0.2) is 6.29 Å². The number of amides is 1. The van der Waals surface area contributed by atoms with Crippen molar-refractivity contribution in [2.45, 2.75) is 269 Å². The first-order chi connectivity index (χ1) is 32.2. The molecule has 0 radical (unpaired) electrons. The van der Waals surface area contributed by atoms with Gasteiger partial charge >= 0.3 is 5.97 Å². The third-order valence-corrected chi connectivity index (χ3v) is 12.5. The minimum Gasteiger partial charge on any atom is -0.466 e. The Balaban J connectivity index is 2.12. The first-order valence-corrected chi connectivity index (χ1v) is 26.9. The van der Waals surface area contributed by atoms with Gasteiger partial charge in [0.05, 0.1) is 32.0 Å². The van der Waals surface area contributed by atoms with E-state index in [9.17, 15) is 35.1 Å². The number of rotatable bonds is 45. The van der Waals surface area contributed by atoms with Crippen LogP contribution in [-0.4, -0.2) is 100 Å². The molecule has 0 aromatic carbocycles. The fourth-order valence-corrected chi connectivity index (χ4v) is 8.17. The van der Waals surface area contributed by atoms with Crippen molar-refractivity contribution in [3.05, 3.63) is 48.6 Å². The highest BCUT2D eigenvalue weighted by molar-refractivity contribution is 5.76. The zero-order valence-electron chi connectivity index (χ0n) is 41.9. The summed E-state index contributed by atoms with van der Waals surface area (Å²) in [6.07, 6.45) is 45.2. The Morgan fingerprint density at radius 1 is 0.576 bits per heavy atom. The molecule has 1 saturated heterocycles. The fourth-order valence-electron chi connectivity index (χ4n) is 8.17. The zero-order valence-corrected chi connectivity index (χ0v) is 41.9. The molecule has 0 aromatic rings. The number of hydrogen-bond donors (Lipinski definition) is 6. The average molecular weight is 934 g/mol. The SMILES string of the molecule is C/C=C/CC/C=C/CC/C=C/C(O)C(COC1OC(CO)C(O)C(O)C1O)NC(=O)CCCCCCC/C=C\CCCCOC(=O)CCCCCCCCCCCCCCCCCCCC. The van der Waals surface area contributed by atoms with Crippen molar-refractivity contribution < 1.29 is 49.3 Å². The van der Waals surface area contributed by atoms with Crippen molar-refractivity contribution >= 4 is 11.9 Å². The van der Waals surface area contributed by atoms with Crippen molar-refractivity contribution in [3.63, 3.8) is 0 Å². The number of nitrogens with one attached hydrogen (secondary N) is 1. The van der Waals surface area contributed by atoms with E-state index >= 15 is 0 Å². The predicted molar refractivity (Wildman–Crippen MR) is 269 cm³/mol. The lowest BCUT2D eigenvalue weighted by atomic mass is 9.99. The summed E-state index contributed by atoms with van der Waals surface area (Å²) in [6, 6.07) is -0.854. The average Bonchev–Trinajstić information content (AvgIpc) is 3.31. The van der Waals surface area contributed by atoms with Crippen LogP contribution in [0.5, 0.6) is 0 Å². The third-order valence-electron chi connectivity index (χ3n) is 12.5. The van der Waals surface area contributed by atoms with Gasteiger partial charge in [-0.1, -0.05) is 184 Å². The largest absolute Gasteiger partial charge is 0.466 e. The van der Waals surface area contributed by atoms with Crippen LogP contribution in [0.25, 0.3) is 0 Å². The minimum atomic E-state index is -1.59. The Morgan fingerprint density at radius 2 is 1.05 bits per heavy atom. The third kappa shape index (κ3) is 34.8. The molecule has 66 heavy (non-hydrogen) atoms. The summed E-state index contributed by atoms with van der Waals surface area (Å²) in [5.74, 6) is -0.286. The number of carbonyl (C=O) groups is 2. The van der Waals surface area contributed by atoms with E-state index in [0.29, 0.717) is 32.3 Å². The van der Waals surface area contributed by atoms with Crippen molar-refractivity contribution in [1.29, 1.82) is 0 Å². The molecule has 6 N–H and O–H groups in total. The Morgan fingerprint density at radius 3 is 1.59 bits per heavy atom. The molecular weight excluding hydrogens is 835 g/mol. The Kier molecular flexibility index (Phi) is 42.1. The summed E-state index contributed by atoms with van der Waals surface area (Å²) in [6.45, 7) is 3.97. The summed E-state index contributed by atoms with van der Waals surface area (Å²) in [7, 11) is 0. The van der Waals surface area contributed by atoms with Crippen molar-refractivity contribution in [1.82, 2.24) is 5.32 Å². The van der Waals surface area contributed by atoms with Crippen LogP contribution in [0.1, 0.15) is 226 Å². The molecule has 1 aliphatic rings. The molecular formula is C55H99NO10. The summed E-state index contributed by atoms with van der Waals surface area (Å²) < 4.78 is 16.6. The summed E-state index contributed by atoms with van der Waals surface area (Å²) in [4.78, 5) is 25.1. The number of unbranched alkanes of at least 4 members (excludes halogenated alkanes) is 26. The van der Waals surface area contributed by atoms with E-state index in [0.717, 1.165) is 83.5 Å². The first kappa shape index (κ1) is 61.6. The molecule has 11 heteroatoms. The van der Waals surface area contributed by atoms with E-state index in [4.69, 9.17) is 14.2 Å². The lowest BCUT2D eigenvalue weighted by Crippen LogP contribution is -2.60. The smallest absolute Gasteiger partial charge is 0.305 e. The second-order valence-corrected chi connectivity index (χ2v) is 18.6. The van der Waals surface area contributed by atoms with Crippen LogP contribution in [-0.2, 0) is 23.8 Å². The maximum Gasteiger partial charge on any atom is 0.305 e. The molecule has 1 rings (SSSR count). The number of allylic oxidation sites excluding steroid dienone is 7. The van der Waals surface area contributed by atoms with Crippen molar-refractivity contribution in [2.75, 3.05) is 19.8 Å². The van der Waals surface area contributed by atoms with Crippen LogP contribution in [0.15, 0.2) is 48.6 Å². The van der Waals surface area contributed by atoms with Crippen LogP contribution in [0, 0.1) is 0 Å². The van der Waals surface area contributed by atoms with Gasteiger partial charge in [-0.05, 0) is 77.6 Å². The zero-order chi connectivity index (χ0) is 48.1. The van der Waals surface area contributed by atoms with Gasteiger partial charge in [-0.3, -0.25) is 9.59 Å². The summed E-state index contributed by atoms with van der Waals surface area (Å²) in [5.41, 5.74) is 0. The molecule has 7 atom stereocenters. The molecule has 0 saturated carbocycles. The van der Waals surface area contributed by atoms with Gasteiger partial charge in [0.1, 0.15) is 24.4 Å². The molecule has 1 aliphatic heterocycles. The van der Waals surface area contributed by atoms with E-state index < -0.39 is 49.5 Å². The topological polar surface area (TPSA) is 175 Å². The molecule has 0 aliphatic carbocycles. The van der Waals surface area contributed by atoms with Gasteiger partial charge in [0.25, 0.3) is 0 Å². The van der Waals surface area contributed by atoms with E-state index in [1.807, 2.05) is 19.1 Å². The maximum absolute atomic E-state index is 12.9. The highest BCUT2D eigenvalue weighted by Gasteiger charge is 2.44. The molecule has 11 nitrogen and oxygen atoms in total. The number of ether oxygens (including phenoxy) is 3. The van der Waals surface area contributed by atoms with Crippen LogP contribution in [0.3, 0.4) is 0 Å². The molecule has 7 unspecified atom stereocenters. The van der Waals surface area contributed by atoms with Gasteiger partial charge in [0, 0.05) is 12.8 Å². The number of esters is 1. The lowest BCUT2D eigenvalue weighted by Gasteiger charge is -2.40. The lowest BCUT2D eigenvalue weighted by molar-refractivity contribution is -0.302. The molecule has 1 heterocycles. The van der Waals surface area contributed by atoms with Gasteiger partial charge in [-0.2, -0.15) is 0 Å². The number of hydrogen-bond acceptors (Lipinski definition) is 10. The molecule has 1 amide bonds. The van der Waals surface area contributed by atoms with Crippen molar-refractivity contribution in [3.8, 4) is 0 Å². The van der Waals surface area contributed by atoms with Crippen LogP contribution >= 0.6 is 0 Å². The summed E-state index contributed by atoms with van der Waals surface area (Å²) in [5, 5.41) is 54.0. The van der Waals surface area contributed by atoms with Crippen molar-refractivity contribution in [2.24, 2.45) is 0 Å². The van der Waals surface area contributed by atoms with Crippen LogP contribution in [0.4, 0.5) is 0 Å². The molecule has 384 valence electrons. The monoisotopic (exact) mass is 934 g/mol. The number of carbonyl (C=O) groups excluding carboxylic acids is 2. The second kappa shape index (κ2) is 45.1. The Hall–Kier alpha value is -2.38. The molecule has 1 fully saturated rings. The van der Waals surface area contributed by atoms with E-state index in [2.05, 4.69) is 42.6 Å². The molecule has 0 bridgehead atoms. The quantitative estimate of drug-likeness (QED) is 0.0196. The first-order valence-electron chi connectivity index (χ1n) is 26.9. The number of aliphatic hydroxyl groups excluding tert-OH is 5. The maximum atomic E-state index is 12.9. The standard InChI is InChI=1S/C55H99NO10/c1-3-5-7-9-11-13-14-15-16-17-18-19-20-23-27-31-35-39-43-51(60)64-44-40-36-32-28-24-21-22-26-30-34-38-42-50(59)56-47(48(58)41-37-33-29-25-12-10-8-6-4-2)46-65-55-54(63)53(62)52(61)49(45-57)66-55/h4,6,12,24-25,28,37,41,47-49,52-55,57-58,61-63H,3,5,7-11,13-23,26-27,29-36,38-40,42-46H2,1-2H3,(H,56,59)/b6-4+,25-12+,28-24-,41-37+. The van der Waals surface area contributed by atoms with E-state index in [1.54, 1.807) is 6.08 Å². The Labute approximate surface area is 402 Å². The number of aliphatic hydroxyl groups is 5. The van der Waals surface area contributed by atoms with Gasteiger partial charge in [0.2, 0.25) is 5.91 Å². The summed E-state index contributed by atoms with van der Waals surface area (Å²) >= 11 is 0. The highest BCUT2D eigenvalue weighted by atomic mass is 16.7. The Bertz CT molecular complexity index is 1240. The van der Waals surface area contributed by atoms with E-state index in [1.165, 1.54) is 103 Å². The van der Waals surface area contributed by atoms with Gasteiger partial charge in [-0.25, -0.2) is 0 Å². The normalized spacial score (nSPS) is 20.0. The van der Waals surface area contributed by atoms with Crippen LogP contribution < -0.4 is 5.32 Å². The fraction of sp³-hybridized carbons (Fsp3) is 0.818. The minimum absolute atomic E-state index is 0.0562. The molecule has 0 aromatic heterocycles. The molecule has 0 spiro atoms. The second-order valence-electron chi connectivity index (χ2n) is 18.6.